The number of nitrogens with two attached hydrogens (primary N) is 1. The van der Waals surface area contributed by atoms with E-state index in [1.165, 1.54) is 17.3 Å². The molecule has 1 atom stereocenters. The van der Waals surface area contributed by atoms with Crippen LogP contribution >= 0.6 is 23.1 Å². The number of benzene rings is 1. The first-order valence-electron chi connectivity index (χ1n) is 9.69. The molecule has 9 heteroatoms. The fraction of sp³-hybridized carbons (Fsp3) is 0.381. The zero-order valence-corrected chi connectivity index (χ0v) is 18.8. The average Bonchev–Trinajstić information content (AvgIpc) is 3.10. The number of thiophene rings is 1. The molecule has 3 N–H and O–H groups in total. The number of thioether (sulfide) groups is 1. The van der Waals surface area contributed by atoms with E-state index >= 15 is 0 Å². The number of aromatic nitrogens is 2. The number of ether oxygens (including phenoxy) is 2. The van der Waals surface area contributed by atoms with Crippen molar-refractivity contribution in [2.75, 3.05) is 23.9 Å². The number of rotatable bonds is 6. The van der Waals surface area contributed by atoms with Gasteiger partial charge in [-0.15, -0.1) is 11.3 Å². The maximum atomic E-state index is 12.3. The van der Waals surface area contributed by atoms with Crippen molar-refractivity contribution < 1.29 is 14.3 Å². The second-order valence-corrected chi connectivity index (χ2v) is 9.44. The Morgan fingerprint density at radius 2 is 2.13 bits per heavy atom. The molecule has 0 bridgehead atoms. The molecular weight excluding hydrogens is 420 g/mol. The molecule has 7 nitrogen and oxygen atoms in total. The standard InChI is InChI=1S/C21H24N4O3S2/c1-4-21(2)9-14-15(10-28-21)30-19-17(14)18(22)24-20(25-19)29-11-16(26)23-12-5-7-13(27-3)8-6-12/h5-8H,4,9-11H2,1-3H3,(H,23,26)(H2,22,24,25)/t21-/m0/s1. The van der Waals surface area contributed by atoms with Crippen LogP contribution in [0.1, 0.15) is 30.7 Å². The van der Waals surface area contributed by atoms with Gasteiger partial charge in [0.05, 0.1) is 30.5 Å². The highest BCUT2D eigenvalue weighted by Gasteiger charge is 2.33. The highest BCUT2D eigenvalue weighted by molar-refractivity contribution is 7.99. The zero-order valence-electron chi connectivity index (χ0n) is 17.2. The van der Waals surface area contributed by atoms with Gasteiger partial charge in [-0.05, 0) is 43.2 Å². The summed E-state index contributed by atoms with van der Waals surface area (Å²) in [5.41, 5.74) is 8.04. The number of carbonyl (C=O) groups excluding carboxylic acids is 1. The highest BCUT2D eigenvalue weighted by Crippen LogP contribution is 2.41. The van der Waals surface area contributed by atoms with E-state index in [1.54, 1.807) is 42.7 Å². The number of hydrogen-bond donors (Lipinski definition) is 2. The van der Waals surface area contributed by atoms with Gasteiger partial charge >= 0.3 is 0 Å². The molecule has 1 aliphatic rings. The lowest BCUT2D eigenvalue weighted by Crippen LogP contribution is -2.33. The molecule has 0 saturated heterocycles. The molecule has 1 aliphatic heterocycles. The van der Waals surface area contributed by atoms with Crippen molar-refractivity contribution in [2.24, 2.45) is 0 Å². The minimum Gasteiger partial charge on any atom is -0.497 e. The third kappa shape index (κ3) is 4.23. The topological polar surface area (TPSA) is 99.4 Å². The summed E-state index contributed by atoms with van der Waals surface area (Å²) in [6.45, 7) is 4.83. The Labute approximate surface area is 183 Å². The van der Waals surface area contributed by atoms with Crippen LogP contribution < -0.4 is 15.8 Å². The number of fused-ring (bicyclic) bond motifs is 3. The highest BCUT2D eigenvalue weighted by atomic mass is 32.2. The van der Waals surface area contributed by atoms with Crippen LogP contribution in [0.4, 0.5) is 11.5 Å². The van der Waals surface area contributed by atoms with Crippen LogP contribution in [0.2, 0.25) is 0 Å². The summed E-state index contributed by atoms with van der Waals surface area (Å²) in [4.78, 5) is 23.4. The van der Waals surface area contributed by atoms with Gasteiger partial charge < -0.3 is 20.5 Å². The molecule has 158 valence electrons. The predicted octanol–water partition coefficient (Wildman–Crippen LogP) is 4.25. The van der Waals surface area contributed by atoms with E-state index in [-0.39, 0.29) is 17.3 Å². The van der Waals surface area contributed by atoms with Gasteiger partial charge in [-0.2, -0.15) is 0 Å². The molecule has 0 fully saturated rings. The van der Waals surface area contributed by atoms with Gasteiger partial charge in [-0.25, -0.2) is 9.97 Å². The minimum atomic E-state index is -0.180. The number of nitrogen functional groups attached to an aromatic ring is 1. The summed E-state index contributed by atoms with van der Waals surface area (Å²) in [5, 5.41) is 4.29. The molecule has 0 spiro atoms. The molecule has 0 aliphatic carbocycles. The number of methoxy groups -OCH3 is 1. The normalized spacial score (nSPS) is 18.2. The Kier molecular flexibility index (Phi) is 5.86. The van der Waals surface area contributed by atoms with Crippen LogP contribution in [-0.4, -0.2) is 34.3 Å². The first-order chi connectivity index (χ1) is 14.4. The zero-order chi connectivity index (χ0) is 21.3. The fourth-order valence-corrected chi connectivity index (χ4v) is 5.19. The third-order valence-electron chi connectivity index (χ3n) is 5.30. The Balaban J connectivity index is 1.47. The predicted molar refractivity (Wildman–Crippen MR) is 121 cm³/mol. The van der Waals surface area contributed by atoms with Gasteiger partial charge in [-0.3, -0.25) is 4.79 Å². The van der Waals surface area contributed by atoms with Crippen LogP contribution in [-0.2, 0) is 22.6 Å². The van der Waals surface area contributed by atoms with Crippen molar-refractivity contribution >= 4 is 50.7 Å². The SMILES string of the molecule is CC[C@@]1(C)Cc2c(sc3nc(SCC(=O)Nc4ccc(OC)cc4)nc(N)c23)CO1. The Morgan fingerprint density at radius 1 is 1.37 bits per heavy atom. The number of carbonyl (C=O) groups is 1. The van der Waals surface area contributed by atoms with E-state index in [1.807, 2.05) is 0 Å². The summed E-state index contributed by atoms with van der Waals surface area (Å²) in [6.07, 6.45) is 1.74. The number of nitrogens with one attached hydrogen (secondary N) is 1. The molecule has 2 aromatic heterocycles. The Bertz CT molecular complexity index is 1080. The molecule has 3 aromatic rings. The van der Waals surface area contributed by atoms with Crippen LogP contribution in [0.3, 0.4) is 0 Å². The molecule has 4 rings (SSSR count). The summed E-state index contributed by atoms with van der Waals surface area (Å²) in [5.74, 6) is 1.27. The van der Waals surface area contributed by atoms with E-state index in [0.717, 1.165) is 33.7 Å². The van der Waals surface area contributed by atoms with Crippen LogP contribution in [0.25, 0.3) is 10.2 Å². The third-order valence-corrected chi connectivity index (χ3v) is 7.24. The van der Waals surface area contributed by atoms with Crippen molar-refractivity contribution in [2.45, 2.75) is 44.1 Å². The van der Waals surface area contributed by atoms with Gasteiger partial charge in [0, 0.05) is 17.0 Å². The molecule has 3 heterocycles. The molecule has 0 unspecified atom stereocenters. The second kappa shape index (κ2) is 8.41. The van der Waals surface area contributed by atoms with E-state index < -0.39 is 0 Å². The van der Waals surface area contributed by atoms with Gasteiger partial charge in [-0.1, -0.05) is 18.7 Å². The van der Waals surface area contributed by atoms with E-state index in [0.29, 0.717) is 23.3 Å². The smallest absolute Gasteiger partial charge is 0.234 e. The maximum Gasteiger partial charge on any atom is 0.234 e. The van der Waals surface area contributed by atoms with Crippen molar-refractivity contribution in [1.29, 1.82) is 0 Å². The molecular formula is C21H24N4O3S2. The van der Waals surface area contributed by atoms with Gasteiger partial charge in [0.1, 0.15) is 16.4 Å². The lowest BCUT2D eigenvalue weighted by molar-refractivity contribution is -0.113. The Morgan fingerprint density at radius 3 is 2.83 bits per heavy atom. The van der Waals surface area contributed by atoms with E-state index in [2.05, 4.69) is 29.1 Å². The summed E-state index contributed by atoms with van der Waals surface area (Å²) in [6, 6.07) is 7.19. The number of nitrogens with zero attached hydrogens (tertiary/aromatic N) is 2. The van der Waals surface area contributed by atoms with Gasteiger partial charge in [0.15, 0.2) is 5.16 Å². The molecule has 30 heavy (non-hydrogen) atoms. The van der Waals surface area contributed by atoms with Crippen molar-refractivity contribution in [3.05, 3.63) is 34.7 Å². The summed E-state index contributed by atoms with van der Waals surface area (Å²) in [7, 11) is 1.60. The number of hydrogen-bond acceptors (Lipinski definition) is 8. The van der Waals surface area contributed by atoms with Crippen molar-refractivity contribution in [3.63, 3.8) is 0 Å². The largest absolute Gasteiger partial charge is 0.497 e. The quantitative estimate of drug-likeness (QED) is 0.433. The first kappa shape index (κ1) is 20.9. The molecule has 1 aromatic carbocycles. The molecule has 1 amide bonds. The molecule has 0 radical (unpaired) electrons. The summed E-state index contributed by atoms with van der Waals surface area (Å²) >= 11 is 2.87. The van der Waals surface area contributed by atoms with Crippen LogP contribution in [0, 0.1) is 0 Å². The minimum absolute atomic E-state index is 0.134. The van der Waals surface area contributed by atoms with Crippen molar-refractivity contribution in [3.8, 4) is 5.75 Å². The maximum absolute atomic E-state index is 12.3. The van der Waals surface area contributed by atoms with Crippen molar-refractivity contribution in [1.82, 2.24) is 9.97 Å². The van der Waals surface area contributed by atoms with Crippen LogP contribution in [0.5, 0.6) is 5.75 Å². The number of anilines is 2. The summed E-state index contributed by atoms with van der Waals surface area (Å²) < 4.78 is 11.2. The first-order valence-corrected chi connectivity index (χ1v) is 11.5. The van der Waals surface area contributed by atoms with E-state index in [9.17, 15) is 4.79 Å². The van der Waals surface area contributed by atoms with E-state index in [4.69, 9.17) is 15.2 Å². The van der Waals surface area contributed by atoms with Crippen LogP contribution in [0.15, 0.2) is 29.4 Å². The Hall–Kier alpha value is -2.36. The number of amides is 1. The lowest BCUT2D eigenvalue weighted by atomic mass is 9.90. The lowest BCUT2D eigenvalue weighted by Gasteiger charge is -2.33. The molecule has 0 saturated carbocycles. The van der Waals surface area contributed by atoms with Gasteiger partial charge in [0.25, 0.3) is 0 Å². The monoisotopic (exact) mass is 444 g/mol. The fourth-order valence-electron chi connectivity index (χ4n) is 3.37. The second-order valence-electron chi connectivity index (χ2n) is 7.41. The average molecular weight is 445 g/mol. The van der Waals surface area contributed by atoms with Gasteiger partial charge in [0.2, 0.25) is 5.91 Å².